The minimum absolute atomic E-state index is 0.0618. The molecule has 0 atom stereocenters. The Bertz CT molecular complexity index is 1040. The zero-order chi connectivity index (χ0) is 19.6. The summed E-state index contributed by atoms with van der Waals surface area (Å²) in [5, 5.41) is 2.59. The molecule has 0 spiro atoms. The SMILES string of the molecule is O=C(c1ccc2c(c1)OCCO2)N1CCN(Cc2cccc3ccccc23)CC1. The third-order valence-corrected chi connectivity index (χ3v) is 5.72. The molecule has 0 radical (unpaired) electrons. The summed E-state index contributed by atoms with van der Waals surface area (Å²) >= 11 is 0. The second-order valence-electron chi connectivity index (χ2n) is 7.57. The van der Waals surface area contributed by atoms with Gasteiger partial charge in [0.15, 0.2) is 11.5 Å². The lowest BCUT2D eigenvalue weighted by molar-refractivity contribution is 0.0628. The Morgan fingerprint density at radius 3 is 2.45 bits per heavy atom. The lowest BCUT2D eigenvalue weighted by atomic mass is 10.0. The predicted octanol–water partition coefficient (Wildman–Crippen LogP) is 3.57. The van der Waals surface area contributed by atoms with E-state index >= 15 is 0 Å². The van der Waals surface area contributed by atoms with Crippen LogP contribution in [-0.2, 0) is 6.54 Å². The number of ether oxygens (including phenoxy) is 2. The van der Waals surface area contributed by atoms with Gasteiger partial charge in [0, 0.05) is 38.3 Å². The average molecular weight is 388 g/mol. The molecule has 2 heterocycles. The zero-order valence-electron chi connectivity index (χ0n) is 16.3. The van der Waals surface area contributed by atoms with Crippen LogP contribution in [0, 0.1) is 0 Å². The molecule has 148 valence electrons. The lowest BCUT2D eigenvalue weighted by Crippen LogP contribution is -2.48. The minimum atomic E-state index is 0.0618. The summed E-state index contributed by atoms with van der Waals surface area (Å²) in [5.74, 6) is 1.44. The number of hydrogen-bond donors (Lipinski definition) is 0. The maximum Gasteiger partial charge on any atom is 0.254 e. The van der Waals surface area contributed by atoms with Crippen LogP contribution in [0.15, 0.2) is 60.7 Å². The number of carbonyl (C=O) groups excluding carboxylic acids is 1. The van der Waals surface area contributed by atoms with Crippen LogP contribution in [0.4, 0.5) is 0 Å². The largest absolute Gasteiger partial charge is 0.486 e. The van der Waals surface area contributed by atoms with Gasteiger partial charge in [-0.3, -0.25) is 9.69 Å². The number of benzene rings is 3. The van der Waals surface area contributed by atoms with E-state index in [9.17, 15) is 4.79 Å². The van der Waals surface area contributed by atoms with E-state index in [1.807, 2.05) is 17.0 Å². The van der Waals surface area contributed by atoms with Crippen molar-refractivity contribution in [3.63, 3.8) is 0 Å². The predicted molar refractivity (Wildman–Crippen MR) is 113 cm³/mol. The highest BCUT2D eigenvalue weighted by Gasteiger charge is 2.24. The Balaban J connectivity index is 1.24. The molecule has 3 aromatic rings. The molecular formula is C24H24N2O3. The number of fused-ring (bicyclic) bond motifs is 2. The first kappa shape index (κ1) is 18.0. The Hall–Kier alpha value is -3.05. The Kier molecular flexibility index (Phi) is 4.82. The molecule has 1 amide bonds. The normalized spacial score (nSPS) is 16.8. The van der Waals surface area contributed by atoms with E-state index in [-0.39, 0.29) is 5.91 Å². The van der Waals surface area contributed by atoms with Crippen molar-refractivity contribution in [1.82, 2.24) is 9.80 Å². The molecule has 1 fully saturated rings. The molecule has 2 aliphatic heterocycles. The molecule has 5 heteroatoms. The Morgan fingerprint density at radius 1 is 0.828 bits per heavy atom. The van der Waals surface area contributed by atoms with Crippen LogP contribution >= 0.6 is 0 Å². The van der Waals surface area contributed by atoms with Crippen molar-refractivity contribution in [1.29, 1.82) is 0 Å². The fourth-order valence-electron chi connectivity index (χ4n) is 4.14. The molecule has 0 aromatic heterocycles. The van der Waals surface area contributed by atoms with E-state index in [4.69, 9.17) is 9.47 Å². The second kappa shape index (κ2) is 7.76. The highest BCUT2D eigenvalue weighted by molar-refractivity contribution is 5.95. The topological polar surface area (TPSA) is 42.0 Å². The van der Waals surface area contributed by atoms with Gasteiger partial charge in [-0.15, -0.1) is 0 Å². The van der Waals surface area contributed by atoms with Gasteiger partial charge < -0.3 is 14.4 Å². The number of piperazine rings is 1. The molecule has 0 saturated carbocycles. The highest BCUT2D eigenvalue weighted by Crippen LogP contribution is 2.31. The minimum Gasteiger partial charge on any atom is -0.486 e. The first-order valence-corrected chi connectivity index (χ1v) is 10.2. The third-order valence-electron chi connectivity index (χ3n) is 5.72. The summed E-state index contributed by atoms with van der Waals surface area (Å²) in [7, 11) is 0. The Morgan fingerprint density at radius 2 is 1.59 bits per heavy atom. The van der Waals surface area contributed by atoms with E-state index in [2.05, 4.69) is 47.4 Å². The first-order valence-electron chi connectivity index (χ1n) is 10.2. The van der Waals surface area contributed by atoms with Gasteiger partial charge in [-0.2, -0.15) is 0 Å². The van der Waals surface area contributed by atoms with Crippen LogP contribution in [0.3, 0.4) is 0 Å². The van der Waals surface area contributed by atoms with E-state index < -0.39 is 0 Å². The van der Waals surface area contributed by atoms with Crippen LogP contribution in [0.5, 0.6) is 11.5 Å². The molecular weight excluding hydrogens is 364 g/mol. The quantitative estimate of drug-likeness (QED) is 0.688. The van der Waals surface area contributed by atoms with Crippen molar-refractivity contribution in [3.05, 3.63) is 71.8 Å². The van der Waals surface area contributed by atoms with Crippen molar-refractivity contribution in [2.45, 2.75) is 6.54 Å². The molecule has 5 rings (SSSR count). The van der Waals surface area contributed by atoms with Gasteiger partial charge in [0.2, 0.25) is 0 Å². The third kappa shape index (κ3) is 3.66. The summed E-state index contributed by atoms with van der Waals surface area (Å²) in [6, 6.07) is 20.5. The summed E-state index contributed by atoms with van der Waals surface area (Å²) in [4.78, 5) is 17.3. The van der Waals surface area contributed by atoms with Crippen molar-refractivity contribution < 1.29 is 14.3 Å². The van der Waals surface area contributed by atoms with Gasteiger partial charge in [-0.25, -0.2) is 0 Å². The maximum atomic E-state index is 12.9. The number of nitrogens with zero attached hydrogens (tertiary/aromatic N) is 2. The van der Waals surface area contributed by atoms with Crippen LogP contribution in [0.2, 0.25) is 0 Å². The van der Waals surface area contributed by atoms with E-state index in [0.717, 1.165) is 32.7 Å². The van der Waals surface area contributed by atoms with Gasteiger partial charge >= 0.3 is 0 Å². The molecule has 0 aliphatic carbocycles. The second-order valence-corrected chi connectivity index (χ2v) is 7.57. The molecule has 29 heavy (non-hydrogen) atoms. The van der Waals surface area contributed by atoms with Gasteiger partial charge in [0.1, 0.15) is 13.2 Å². The molecule has 1 saturated heterocycles. The maximum absolute atomic E-state index is 12.9. The monoisotopic (exact) mass is 388 g/mol. The lowest BCUT2D eigenvalue weighted by Gasteiger charge is -2.35. The number of amides is 1. The van der Waals surface area contributed by atoms with Gasteiger partial charge in [0.05, 0.1) is 0 Å². The first-order chi connectivity index (χ1) is 14.3. The van der Waals surface area contributed by atoms with E-state index in [1.54, 1.807) is 6.07 Å². The summed E-state index contributed by atoms with van der Waals surface area (Å²) in [5.41, 5.74) is 2.01. The van der Waals surface area contributed by atoms with E-state index in [1.165, 1.54) is 16.3 Å². The number of rotatable bonds is 3. The van der Waals surface area contributed by atoms with Crippen LogP contribution in [0.25, 0.3) is 10.8 Å². The fraction of sp³-hybridized carbons (Fsp3) is 0.292. The molecule has 3 aromatic carbocycles. The fourth-order valence-corrected chi connectivity index (χ4v) is 4.14. The van der Waals surface area contributed by atoms with Gasteiger partial charge in [0.25, 0.3) is 5.91 Å². The Labute approximate surface area is 170 Å². The summed E-state index contributed by atoms with van der Waals surface area (Å²) < 4.78 is 11.2. The zero-order valence-corrected chi connectivity index (χ0v) is 16.3. The van der Waals surface area contributed by atoms with Gasteiger partial charge in [-0.05, 0) is 34.5 Å². The molecule has 0 unspecified atom stereocenters. The number of hydrogen-bond acceptors (Lipinski definition) is 4. The van der Waals surface area contributed by atoms with Crippen LogP contribution in [0.1, 0.15) is 15.9 Å². The molecule has 0 bridgehead atoms. The van der Waals surface area contributed by atoms with Gasteiger partial charge in [-0.1, -0.05) is 42.5 Å². The summed E-state index contributed by atoms with van der Waals surface area (Å²) in [6.07, 6.45) is 0. The smallest absolute Gasteiger partial charge is 0.254 e. The molecule has 5 nitrogen and oxygen atoms in total. The summed E-state index contributed by atoms with van der Waals surface area (Å²) in [6.45, 7) is 5.21. The van der Waals surface area contributed by atoms with Crippen LogP contribution in [-0.4, -0.2) is 55.1 Å². The standard InChI is InChI=1S/C24H24N2O3/c27-24(19-8-9-22-23(16-19)29-15-14-28-22)26-12-10-25(11-13-26)17-20-6-3-5-18-4-1-2-7-21(18)20/h1-9,16H,10-15,17H2. The highest BCUT2D eigenvalue weighted by atomic mass is 16.6. The average Bonchev–Trinajstić information content (AvgIpc) is 2.79. The molecule has 0 N–H and O–H groups in total. The number of carbonyl (C=O) groups is 1. The van der Waals surface area contributed by atoms with E-state index in [0.29, 0.717) is 30.3 Å². The van der Waals surface area contributed by atoms with Crippen molar-refractivity contribution in [2.24, 2.45) is 0 Å². The van der Waals surface area contributed by atoms with Crippen molar-refractivity contribution in [3.8, 4) is 11.5 Å². The van der Waals surface area contributed by atoms with Crippen molar-refractivity contribution in [2.75, 3.05) is 39.4 Å². The molecule has 2 aliphatic rings. The van der Waals surface area contributed by atoms with Crippen molar-refractivity contribution >= 4 is 16.7 Å². The van der Waals surface area contributed by atoms with Crippen LogP contribution < -0.4 is 9.47 Å².